The van der Waals surface area contributed by atoms with Crippen molar-refractivity contribution in [1.82, 2.24) is 0 Å². The number of anilines is 1. The van der Waals surface area contributed by atoms with E-state index in [0.29, 0.717) is 11.4 Å². The van der Waals surface area contributed by atoms with E-state index in [1.54, 1.807) is 7.11 Å². The van der Waals surface area contributed by atoms with Crippen molar-refractivity contribution in [3.63, 3.8) is 0 Å². The van der Waals surface area contributed by atoms with E-state index in [4.69, 9.17) is 4.74 Å². The molecule has 4 heteroatoms. The molecule has 1 N–H and O–H groups in total. The molecule has 0 unspecified atom stereocenters. The summed E-state index contributed by atoms with van der Waals surface area (Å²) in [5.74, 6) is 0.561. The van der Waals surface area contributed by atoms with Gasteiger partial charge in [0.2, 0.25) is 6.04 Å². The van der Waals surface area contributed by atoms with Crippen LogP contribution >= 0.6 is 0 Å². The number of carbonyl (C=O) groups excluding carboxylic acids is 1. The SMILES string of the molecule is COc1ccccc1NC(=O)[C@H](C)[n+]1ccc2ccccc2c1. The summed E-state index contributed by atoms with van der Waals surface area (Å²) in [4.78, 5) is 12.5. The highest BCUT2D eigenvalue weighted by Gasteiger charge is 2.23. The molecule has 0 aliphatic carbocycles. The molecule has 3 aromatic rings. The average molecular weight is 307 g/mol. The van der Waals surface area contributed by atoms with Crippen LogP contribution in [0.3, 0.4) is 0 Å². The van der Waals surface area contributed by atoms with Crippen LogP contribution in [0.2, 0.25) is 0 Å². The van der Waals surface area contributed by atoms with Gasteiger partial charge in [-0.25, -0.2) is 0 Å². The number of ether oxygens (including phenoxy) is 1. The van der Waals surface area contributed by atoms with Crippen LogP contribution in [-0.4, -0.2) is 13.0 Å². The molecule has 0 spiro atoms. The lowest BCUT2D eigenvalue weighted by molar-refractivity contribution is -0.704. The molecule has 3 rings (SSSR count). The molecule has 0 aliphatic heterocycles. The van der Waals surface area contributed by atoms with Gasteiger partial charge in [-0.1, -0.05) is 30.3 Å². The van der Waals surface area contributed by atoms with Crippen molar-refractivity contribution < 1.29 is 14.1 Å². The monoisotopic (exact) mass is 307 g/mol. The summed E-state index contributed by atoms with van der Waals surface area (Å²) in [6.45, 7) is 1.87. The Morgan fingerprint density at radius 1 is 1.04 bits per heavy atom. The first-order valence-electron chi connectivity index (χ1n) is 7.52. The summed E-state index contributed by atoms with van der Waals surface area (Å²) < 4.78 is 7.18. The maximum atomic E-state index is 12.5. The van der Waals surface area contributed by atoms with E-state index in [2.05, 4.69) is 11.4 Å². The Labute approximate surface area is 135 Å². The van der Waals surface area contributed by atoms with Crippen LogP contribution in [0.1, 0.15) is 13.0 Å². The van der Waals surface area contributed by atoms with E-state index in [-0.39, 0.29) is 11.9 Å². The maximum absolute atomic E-state index is 12.5. The number of hydrogen-bond acceptors (Lipinski definition) is 2. The van der Waals surface area contributed by atoms with Crippen LogP contribution in [0.4, 0.5) is 5.69 Å². The van der Waals surface area contributed by atoms with Gasteiger partial charge in [0, 0.05) is 18.4 Å². The molecule has 0 bridgehead atoms. The molecule has 23 heavy (non-hydrogen) atoms. The maximum Gasteiger partial charge on any atom is 0.293 e. The van der Waals surface area contributed by atoms with Gasteiger partial charge in [0.15, 0.2) is 12.4 Å². The van der Waals surface area contributed by atoms with E-state index < -0.39 is 0 Å². The summed E-state index contributed by atoms with van der Waals surface area (Å²) in [5.41, 5.74) is 0.674. The molecule has 4 nitrogen and oxygen atoms in total. The van der Waals surface area contributed by atoms with E-state index in [1.165, 1.54) is 0 Å². The third-order valence-corrected chi connectivity index (χ3v) is 3.90. The van der Waals surface area contributed by atoms with Crippen molar-refractivity contribution >= 4 is 22.4 Å². The Balaban J connectivity index is 1.83. The van der Waals surface area contributed by atoms with E-state index in [0.717, 1.165) is 10.8 Å². The summed E-state index contributed by atoms with van der Waals surface area (Å²) in [6, 6.07) is 17.2. The van der Waals surface area contributed by atoms with Crippen molar-refractivity contribution in [3.8, 4) is 5.75 Å². The molecule has 1 heterocycles. The van der Waals surface area contributed by atoms with Gasteiger partial charge in [0.05, 0.1) is 12.8 Å². The van der Waals surface area contributed by atoms with Gasteiger partial charge in [-0.3, -0.25) is 4.79 Å². The fourth-order valence-electron chi connectivity index (χ4n) is 2.51. The van der Waals surface area contributed by atoms with E-state index >= 15 is 0 Å². The molecule has 0 saturated carbocycles. The van der Waals surface area contributed by atoms with Crippen LogP contribution in [0.5, 0.6) is 5.75 Å². The second kappa shape index (κ2) is 6.48. The third kappa shape index (κ3) is 3.16. The number of nitrogens with zero attached hydrogens (tertiary/aromatic N) is 1. The largest absolute Gasteiger partial charge is 0.495 e. The molecule has 1 atom stereocenters. The Morgan fingerprint density at radius 2 is 1.74 bits per heavy atom. The van der Waals surface area contributed by atoms with Gasteiger partial charge in [-0.05, 0) is 23.6 Å². The Hall–Kier alpha value is -2.88. The molecule has 2 aromatic carbocycles. The van der Waals surface area contributed by atoms with Gasteiger partial charge in [-0.15, -0.1) is 0 Å². The van der Waals surface area contributed by atoms with E-state index in [9.17, 15) is 4.79 Å². The van der Waals surface area contributed by atoms with Crippen molar-refractivity contribution in [3.05, 3.63) is 67.0 Å². The summed E-state index contributed by atoms with van der Waals surface area (Å²) in [6.07, 6.45) is 3.91. The van der Waals surface area contributed by atoms with Crippen molar-refractivity contribution in [1.29, 1.82) is 0 Å². The first kappa shape index (κ1) is 15.0. The minimum atomic E-state index is -0.329. The van der Waals surface area contributed by atoms with Crippen LogP contribution in [0.25, 0.3) is 10.8 Å². The number of nitrogens with one attached hydrogen (secondary N) is 1. The van der Waals surface area contributed by atoms with Crippen molar-refractivity contribution in [2.24, 2.45) is 0 Å². The number of methoxy groups -OCH3 is 1. The number of pyridine rings is 1. The molecular weight excluding hydrogens is 288 g/mol. The standard InChI is InChI=1S/C19H18N2O2/c1-14(19(22)20-17-9-5-6-10-18(17)23-2)21-12-11-15-7-3-4-8-16(15)13-21/h3-14H,1-2H3/p+1/t14-/m0/s1. The first-order chi connectivity index (χ1) is 11.2. The summed E-state index contributed by atoms with van der Waals surface area (Å²) in [7, 11) is 1.59. The number of hydrogen-bond donors (Lipinski definition) is 1. The fourth-order valence-corrected chi connectivity index (χ4v) is 2.51. The van der Waals surface area contributed by atoms with Gasteiger partial charge in [-0.2, -0.15) is 4.57 Å². The number of fused-ring (bicyclic) bond motifs is 1. The highest BCUT2D eigenvalue weighted by molar-refractivity contribution is 5.93. The molecule has 1 aromatic heterocycles. The fraction of sp³-hybridized carbons (Fsp3) is 0.158. The van der Waals surface area contributed by atoms with Crippen LogP contribution < -0.4 is 14.6 Å². The molecule has 0 saturated heterocycles. The molecule has 0 radical (unpaired) electrons. The van der Waals surface area contributed by atoms with Gasteiger partial charge in [0.25, 0.3) is 5.91 Å². The minimum absolute atomic E-state index is 0.0882. The van der Waals surface area contributed by atoms with Crippen molar-refractivity contribution in [2.45, 2.75) is 13.0 Å². The Kier molecular flexibility index (Phi) is 4.24. The Morgan fingerprint density at radius 3 is 2.52 bits per heavy atom. The van der Waals surface area contributed by atoms with E-state index in [1.807, 2.05) is 72.4 Å². The molecule has 0 aliphatic rings. The van der Waals surface area contributed by atoms with Crippen molar-refractivity contribution in [2.75, 3.05) is 12.4 Å². The van der Waals surface area contributed by atoms with Crippen LogP contribution in [0, 0.1) is 0 Å². The number of aromatic nitrogens is 1. The highest BCUT2D eigenvalue weighted by atomic mass is 16.5. The zero-order valence-corrected chi connectivity index (χ0v) is 13.2. The third-order valence-electron chi connectivity index (χ3n) is 3.90. The quantitative estimate of drug-likeness (QED) is 0.751. The zero-order chi connectivity index (χ0) is 16.2. The van der Waals surface area contributed by atoms with Crippen LogP contribution in [0.15, 0.2) is 67.0 Å². The number of para-hydroxylation sites is 2. The first-order valence-corrected chi connectivity index (χ1v) is 7.52. The Bertz CT molecular complexity index is 845. The van der Waals surface area contributed by atoms with Crippen LogP contribution in [-0.2, 0) is 4.79 Å². The topological polar surface area (TPSA) is 42.2 Å². The molecular formula is C19H19N2O2+. The normalized spacial score (nSPS) is 11.9. The predicted molar refractivity (Wildman–Crippen MR) is 90.5 cm³/mol. The molecule has 0 fully saturated rings. The van der Waals surface area contributed by atoms with Gasteiger partial charge < -0.3 is 10.1 Å². The zero-order valence-electron chi connectivity index (χ0n) is 13.2. The number of benzene rings is 2. The number of amides is 1. The number of rotatable bonds is 4. The highest BCUT2D eigenvalue weighted by Crippen LogP contribution is 2.23. The second-order valence-corrected chi connectivity index (χ2v) is 5.39. The molecule has 116 valence electrons. The second-order valence-electron chi connectivity index (χ2n) is 5.39. The predicted octanol–water partition coefficient (Wildman–Crippen LogP) is 3.34. The summed E-state index contributed by atoms with van der Waals surface area (Å²) in [5, 5.41) is 5.18. The minimum Gasteiger partial charge on any atom is -0.495 e. The average Bonchev–Trinajstić information content (AvgIpc) is 2.61. The summed E-state index contributed by atoms with van der Waals surface area (Å²) >= 11 is 0. The van der Waals surface area contributed by atoms with Gasteiger partial charge >= 0.3 is 0 Å². The smallest absolute Gasteiger partial charge is 0.293 e. The lowest BCUT2D eigenvalue weighted by atomic mass is 10.1. The lowest BCUT2D eigenvalue weighted by Gasteiger charge is -2.12. The molecule has 1 amide bonds. The number of carbonyl (C=O) groups is 1. The van der Waals surface area contributed by atoms with Gasteiger partial charge in [0.1, 0.15) is 5.75 Å². The lowest BCUT2D eigenvalue weighted by Crippen LogP contribution is -2.44.